The summed E-state index contributed by atoms with van der Waals surface area (Å²) in [5.41, 5.74) is 10.1. The Morgan fingerprint density at radius 3 is 2.00 bits per heavy atom. The van der Waals surface area contributed by atoms with Crippen LogP contribution in [-0.4, -0.2) is 30.0 Å². The quantitative estimate of drug-likeness (QED) is 0.518. The highest BCUT2D eigenvalue weighted by Gasteiger charge is 2.35. The molecule has 7 heteroatoms. The van der Waals surface area contributed by atoms with Crippen LogP contribution in [0.15, 0.2) is 53.6 Å². The lowest BCUT2D eigenvalue weighted by Crippen LogP contribution is -2.42. The van der Waals surface area contributed by atoms with E-state index < -0.39 is 18.2 Å². The monoisotopic (exact) mass is 345 g/mol. The smallest absolute Gasteiger partial charge is 0.123 e. The van der Waals surface area contributed by atoms with Crippen LogP contribution in [-0.2, 0) is 4.74 Å². The molecule has 0 bridgehead atoms. The molecular formula is C18H17F2N3O2. The van der Waals surface area contributed by atoms with Crippen molar-refractivity contribution >= 4 is 0 Å². The van der Waals surface area contributed by atoms with Crippen LogP contribution < -0.4 is 0 Å². The summed E-state index contributed by atoms with van der Waals surface area (Å²) < 4.78 is 32.4. The van der Waals surface area contributed by atoms with Gasteiger partial charge < -0.3 is 9.84 Å². The van der Waals surface area contributed by atoms with Crippen LogP contribution in [0.25, 0.3) is 10.4 Å². The maximum absolute atomic E-state index is 13.3. The molecule has 1 aliphatic rings. The van der Waals surface area contributed by atoms with E-state index in [1.165, 1.54) is 24.3 Å². The van der Waals surface area contributed by atoms with Crippen molar-refractivity contribution in [3.8, 4) is 0 Å². The zero-order chi connectivity index (χ0) is 17.8. The molecule has 0 aliphatic carbocycles. The Bertz CT molecular complexity index is 715. The van der Waals surface area contributed by atoms with Gasteiger partial charge >= 0.3 is 0 Å². The van der Waals surface area contributed by atoms with Gasteiger partial charge in [0.1, 0.15) is 11.6 Å². The van der Waals surface area contributed by atoms with Crippen LogP contribution in [0.1, 0.15) is 23.5 Å². The number of ether oxygens (including phenoxy) is 1. The molecule has 0 radical (unpaired) electrons. The van der Waals surface area contributed by atoms with Crippen molar-refractivity contribution in [1.29, 1.82) is 0 Å². The van der Waals surface area contributed by atoms with Crippen molar-refractivity contribution in [3.63, 3.8) is 0 Å². The predicted molar refractivity (Wildman–Crippen MR) is 87.9 cm³/mol. The van der Waals surface area contributed by atoms with Crippen LogP contribution in [0.2, 0.25) is 0 Å². The lowest BCUT2D eigenvalue weighted by atomic mass is 9.82. The Hall–Kier alpha value is -2.47. The second kappa shape index (κ2) is 7.61. The van der Waals surface area contributed by atoms with Crippen LogP contribution in [0.4, 0.5) is 8.78 Å². The van der Waals surface area contributed by atoms with Crippen molar-refractivity contribution < 1.29 is 18.6 Å². The molecule has 1 saturated heterocycles. The SMILES string of the molecule is [N-]=[N+]=NC1COC(C(c2ccc(F)cc2)c2ccc(F)cc2)CC1O. The van der Waals surface area contributed by atoms with Gasteiger partial charge in [-0.05, 0) is 40.9 Å². The highest BCUT2D eigenvalue weighted by molar-refractivity contribution is 5.34. The van der Waals surface area contributed by atoms with Crippen molar-refractivity contribution in [2.75, 3.05) is 6.61 Å². The van der Waals surface area contributed by atoms with Crippen LogP contribution >= 0.6 is 0 Å². The maximum Gasteiger partial charge on any atom is 0.123 e. The zero-order valence-corrected chi connectivity index (χ0v) is 13.3. The molecule has 2 aromatic rings. The lowest BCUT2D eigenvalue weighted by Gasteiger charge is -2.36. The average molecular weight is 345 g/mol. The summed E-state index contributed by atoms with van der Waals surface area (Å²) in [5, 5.41) is 13.8. The predicted octanol–water partition coefficient (Wildman–Crippen LogP) is 3.93. The van der Waals surface area contributed by atoms with Crippen LogP contribution in [0.3, 0.4) is 0 Å². The first-order chi connectivity index (χ1) is 12.1. The standard InChI is InChI=1S/C18H17F2N3O2/c19-13-5-1-11(2-6-13)18(12-3-7-14(20)8-4-12)17-9-16(24)15(10-25-17)22-23-21/h1-8,15-18,24H,9-10H2. The van der Waals surface area contributed by atoms with Gasteiger partial charge in [-0.25, -0.2) is 8.78 Å². The molecule has 0 saturated carbocycles. The Labute approximate surface area is 143 Å². The fourth-order valence-electron chi connectivity index (χ4n) is 3.17. The largest absolute Gasteiger partial charge is 0.393 e. The summed E-state index contributed by atoms with van der Waals surface area (Å²) in [4.78, 5) is 2.72. The maximum atomic E-state index is 13.3. The topological polar surface area (TPSA) is 78.2 Å². The van der Waals surface area contributed by atoms with E-state index in [0.717, 1.165) is 11.1 Å². The minimum Gasteiger partial charge on any atom is -0.393 e. The van der Waals surface area contributed by atoms with E-state index in [2.05, 4.69) is 10.0 Å². The van der Waals surface area contributed by atoms with Crippen molar-refractivity contribution in [2.45, 2.75) is 30.6 Å². The number of nitrogens with zero attached hydrogens (tertiary/aromatic N) is 3. The molecule has 3 atom stereocenters. The molecule has 1 heterocycles. The molecule has 1 fully saturated rings. The average Bonchev–Trinajstić information content (AvgIpc) is 2.61. The number of azide groups is 1. The molecular weight excluding hydrogens is 328 g/mol. The molecule has 1 N–H and O–H groups in total. The summed E-state index contributed by atoms with van der Waals surface area (Å²) in [6, 6.07) is 11.4. The third kappa shape index (κ3) is 3.96. The molecule has 0 amide bonds. The normalized spacial score (nSPS) is 23.3. The molecule has 130 valence electrons. The second-order valence-electron chi connectivity index (χ2n) is 6.03. The van der Waals surface area contributed by atoms with Gasteiger partial charge in [-0.15, -0.1) is 0 Å². The molecule has 0 aromatic heterocycles. The second-order valence-corrected chi connectivity index (χ2v) is 6.03. The molecule has 25 heavy (non-hydrogen) atoms. The fourth-order valence-corrected chi connectivity index (χ4v) is 3.17. The highest BCUT2D eigenvalue weighted by atomic mass is 19.1. The number of benzene rings is 2. The third-order valence-electron chi connectivity index (χ3n) is 4.43. The van der Waals surface area contributed by atoms with Gasteiger partial charge in [0.05, 0.1) is 24.9 Å². The Morgan fingerprint density at radius 2 is 1.56 bits per heavy atom. The highest BCUT2D eigenvalue weighted by Crippen LogP contribution is 2.35. The van der Waals surface area contributed by atoms with Gasteiger partial charge in [0.25, 0.3) is 0 Å². The van der Waals surface area contributed by atoms with Crippen molar-refractivity contribution in [1.82, 2.24) is 0 Å². The number of hydrogen-bond donors (Lipinski definition) is 1. The fraction of sp³-hybridized carbons (Fsp3) is 0.333. The lowest BCUT2D eigenvalue weighted by molar-refractivity contribution is -0.0623. The van der Waals surface area contributed by atoms with E-state index in [1.807, 2.05) is 0 Å². The number of rotatable bonds is 4. The molecule has 3 unspecified atom stereocenters. The van der Waals surface area contributed by atoms with E-state index in [9.17, 15) is 13.9 Å². The van der Waals surface area contributed by atoms with Crippen molar-refractivity contribution in [3.05, 3.63) is 81.7 Å². The first-order valence-electron chi connectivity index (χ1n) is 7.93. The first-order valence-corrected chi connectivity index (χ1v) is 7.93. The van der Waals surface area contributed by atoms with Crippen LogP contribution in [0.5, 0.6) is 0 Å². The van der Waals surface area contributed by atoms with Gasteiger partial charge in [0, 0.05) is 17.3 Å². The molecule has 3 rings (SSSR count). The van der Waals surface area contributed by atoms with Gasteiger partial charge in [-0.2, -0.15) is 0 Å². The van der Waals surface area contributed by atoms with Gasteiger partial charge in [-0.1, -0.05) is 29.4 Å². The van der Waals surface area contributed by atoms with Gasteiger partial charge in [-0.3, -0.25) is 0 Å². The molecule has 0 spiro atoms. The molecule has 2 aromatic carbocycles. The minimum atomic E-state index is -0.835. The Morgan fingerprint density at radius 1 is 1.04 bits per heavy atom. The van der Waals surface area contributed by atoms with E-state index in [1.54, 1.807) is 24.3 Å². The van der Waals surface area contributed by atoms with E-state index in [0.29, 0.717) is 0 Å². The number of aliphatic hydroxyl groups excluding tert-OH is 1. The summed E-state index contributed by atoms with van der Waals surface area (Å²) in [6.07, 6.45) is -0.988. The summed E-state index contributed by atoms with van der Waals surface area (Å²) in [6.45, 7) is 0.0920. The number of hydrogen-bond acceptors (Lipinski definition) is 3. The summed E-state index contributed by atoms with van der Waals surface area (Å²) in [5.74, 6) is -1.01. The van der Waals surface area contributed by atoms with E-state index in [4.69, 9.17) is 10.3 Å². The minimum absolute atomic E-state index is 0.0920. The molecule has 5 nitrogen and oxygen atoms in total. The van der Waals surface area contributed by atoms with Crippen LogP contribution in [0, 0.1) is 11.6 Å². The number of halogens is 2. The third-order valence-corrected chi connectivity index (χ3v) is 4.43. The van der Waals surface area contributed by atoms with Gasteiger partial charge in [0.2, 0.25) is 0 Å². The zero-order valence-electron chi connectivity index (χ0n) is 13.3. The van der Waals surface area contributed by atoms with E-state index in [-0.39, 0.29) is 30.6 Å². The Balaban J connectivity index is 1.93. The first kappa shape index (κ1) is 17.4. The summed E-state index contributed by atoms with van der Waals surface area (Å²) in [7, 11) is 0. The van der Waals surface area contributed by atoms with E-state index >= 15 is 0 Å². The van der Waals surface area contributed by atoms with Gasteiger partial charge in [0.15, 0.2) is 0 Å². The molecule has 1 aliphatic heterocycles. The van der Waals surface area contributed by atoms with Crippen molar-refractivity contribution in [2.24, 2.45) is 5.11 Å². The number of aliphatic hydroxyl groups is 1. The summed E-state index contributed by atoms with van der Waals surface area (Å²) >= 11 is 0. The Kier molecular flexibility index (Phi) is 5.28.